The first-order valence-corrected chi connectivity index (χ1v) is 15.4. The molecule has 0 radical (unpaired) electrons. The number of amides is 1. The summed E-state index contributed by atoms with van der Waals surface area (Å²) in [5.41, 5.74) is 1.33. The molecule has 0 saturated heterocycles. The molecule has 5 aromatic rings. The molecule has 0 atom stereocenters. The first-order valence-electron chi connectivity index (χ1n) is 15.4. The van der Waals surface area contributed by atoms with Crippen LogP contribution in [0.2, 0.25) is 0 Å². The fourth-order valence-corrected chi connectivity index (χ4v) is 5.76. The van der Waals surface area contributed by atoms with E-state index in [1.807, 2.05) is 21.0 Å². The van der Waals surface area contributed by atoms with Gasteiger partial charge in [0.2, 0.25) is 0 Å². The molecule has 2 N–H and O–H groups in total. The Morgan fingerprint density at radius 3 is 2.33 bits per heavy atom. The molecule has 1 aliphatic rings. The number of methoxy groups -OCH3 is 1. The van der Waals surface area contributed by atoms with E-state index in [0.29, 0.717) is 46.3 Å². The summed E-state index contributed by atoms with van der Waals surface area (Å²) in [6.45, 7) is -0.820. The van der Waals surface area contributed by atoms with Crippen molar-refractivity contribution in [3.05, 3.63) is 95.8 Å². The lowest BCUT2D eigenvalue weighted by Gasteiger charge is -2.46. The molecule has 1 aliphatic carbocycles. The third-order valence-electron chi connectivity index (χ3n) is 7.90. The van der Waals surface area contributed by atoms with Gasteiger partial charge in [-0.15, -0.1) is 0 Å². The Morgan fingerprint density at radius 1 is 1.04 bits per heavy atom. The molecule has 1 fully saturated rings. The van der Waals surface area contributed by atoms with Crippen molar-refractivity contribution < 1.29 is 41.4 Å². The SMILES string of the molecule is CCOc1cc2oc(-c3ccc(F)cc3)c(C=O)c2cc1-c1ccc(OC)c(C(=O)NC2(c3ncccn3)CC(OC(F)F)C2)c1.CNC. The number of halogens is 3. The molecule has 10 nitrogen and oxygen atoms in total. The molecule has 6 rings (SSSR count). The first kappa shape index (κ1) is 35.0. The Hall–Kier alpha value is -5.27. The maximum Gasteiger partial charge on any atom is 0.345 e. The van der Waals surface area contributed by atoms with Crippen LogP contribution in [0.5, 0.6) is 11.5 Å². The standard InChI is InChI=1S/C34H28F3N3O6.C2H7N/c1-3-44-28-15-29-24(26(18-41)30(46-29)19-5-8-21(35)9-6-19)14-23(28)20-7-10-27(43-2)25(13-20)31(42)40-34(32-38-11-4-12-39-32)16-22(17-34)45-33(36)37;1-3-2/h4-15,18,22,33H,3,16-17H2,1-2H3,(H,40,42);3H,1-2H3. The number of nitrogens with one attached hydrogen (secondary N) is 2. The molecular weight excluding hydrogens is 641 g/mol. The van der Waals surface area contributed by atoms with Gasteiger partial charge in [0, 0.05) is 47.8 Å². The van der Waals surface area contributed by atoms with Crippen LogP contribution < -0.4 is 20.1 Å². The monoisotopic (exact) mass is 676 g/mol. The lowest BCUT2D eigenvalue weighted by molar-refractivity contribution is -0.198. The molecule has 49 heavy (non-hydrogen) atoms. The fraction of sp³-hybridized carbons (Fsp3) is 0.278. The summed E-state index contributed by atoms with van der Waals surface area (Å²) in [7, 11) is 5.17. The highest BCUT2D eigenvalue weighted by molar-refractivity contribution is 6.05. The van der Waals surface area contributed by atoms with Gasteiger partial charge in [-0.25, -0.2) is 14.4 Å². The van der Waals surface area contributed by atoms with Crippen molar-refractivity contribution in [2.45, 2.75) is 38.0 Å². The molecule has 256 valence electrons. The Kier molecular flexibility index (Phi) is 10.9. The third-order valence-corrected chi connectivity index (χ3v) is 7.90. The molecule has 1 saturated carbocycles. The van der Waals surface area contributed by atoms with Gasteiger partial charge in [-0.05, 0) is 75.1 Å². The van der Waals surface area contributed by atoms with Crippen LogP contribution in [-0.4, -0.2) is 62.7 Å². The minimum atomic E-state index is -2.95. The molecule has 0 unspecified atom stereocenters. The topological polar surface area (TPSA) is 125 Å². The van der Waals surface area contributed by atoms with Gasteiger partial charge in [0.1, 0.15) is 34.2 Å². The second-order valence-corrected chi connectivity index (χ2v) is 11.2. The van der Waals surface area contributed by atoms with Gasteiger partial charge in [-0.3, -0.25) is 9.59 Å². The van der Waals surface area contributed by atoms with E-state index < -0.39 is 30.0 Å². The van der Waals surface area contributed by atoms with Crippen molar-refractivity contribution in [1.82, 2.24) is 20.6 Å². The van der Waals surface area contributed by atoms with E-state index in [-0.39, 0.29) is 41.3 Å². The van der Waals surface area contributed by atoms with E-state index in [1.54, 1.807) is 36.4 Å². The molecule has 0 bridgehead atoms. The number of hydrogen-bond donors (Lipinski definition) is 2. The van der Waals surface area contributed by atoms with Crippen LogP contribution in [0.1, 0.15) is 46.3 Å². The van der Waals surface area contributed by atoms with Crippen molar-refractivity contribution in [3.63, 3.8) is 0 Å². The van der Waals surface area contributed by atoms with Crippen molar-refractivity contribution in [1.29, 1.82) is 0 Å². The Labute approximate surface area is 280 Å². The number of benzene rings is 3. The van der Waals surface area contributed by atoms with Crippen LogP contribution >= 0.6 is 0 Å². The van der Waals surface area contributed by atoms with Crippen molar-refractivity contribution in [2.75, 3.05) is 27.8 Å². The highest BCUT2D eigenvalue weighted by Gasteiger charge is 2.50. The minimum Gasteiger partial charge on any atom is -0.496 e. The minimum absolute atomic E-state index is 0.0472. The smallest absolute Gasteiger partial charge is 0.345 e. The van der Waals surface area contributed by atoms with Crippen LogP contribution in [0.3, 0.4) is 0 Å². The zero-order valence-corrected chi connectivity index (χ0v) is 27.3. The number of aldehydes is 1. The highest BCUT2D eigenvalue weighted by Crippen LogP contribution is 2.44. The van der Waals surface area contributed by atoms with Gasteiger partial charge in [0.05, 0.1) is 30.9 Å². The number of ether oxygens (including phenoxy) is 3. The second-order valence-electron chi connectivity index (χ2n) is 11.2. The Morgan fingerprint density at radius 2 is 1.71 bits per heavy atom. The molecule has 13 heteroatoms. The zero-order valence-electron chi connectivity index (χ0n) is 27.3. The van der Waals surface area contributed by atoms with Crippen LogP contribution in [0.25, 0.3) is 33.4 Å². The van der Waals surface area contributed by atoms with Gasteiger partial charge in [0.25, 0.3) is 5.91 Å². The molecule has 0 spiro atoms. The number of alkyl halides is 2. The molecule has 1 amide bonds. The largest absolute Gasteiger partial charge is 0.496 e. The lowest BCUT2D eigenvalue weighted by atomic mass is 9.73. The van der Waals surface area contributed by atoms with E-state index in [1.165, 1.54) is 43.8 Å². The summed E-state index contributed by atoms with van der Waals surface area (Å²) in [6.07, 6.45) is 3.00. The number of hydrogen-bond acceptors (Lipinski definition) is 9. The van der Waals surface area contributed by atoms with E-state index in [4.69, 9.17) is 13.9 Å². The highest BCUT2D eigenvalue weighted by atomic mass is 19.3. The van der Waals surface area contributed by atoms with E-state index in [0.717, 1.165) is 0 Å². The van der Waals surface area contributed by atoms with Gasteiger partial charge >= 0.3 is 6.61 Å². The maximum absolute atomic E-state index is 13.9. The average Bonchev–Trinajstić information content (AvgIpc) is 3.45. The average molecular weight is 677 g/mol. The van der Waals surface area contributed by atoms with Crippen molar-refractivity contribution >= 4 is 23.2 Å². The third kappa shape index (κ3) is 7.42. The molecule has 3 aromatic carbocycles. The van der Waals surface area contributed by atoms with Gasteiger partial charge in [-0.1, -0.05) is 6.07 Å². The summed E-state index contributed by atoms with van der Waals surface area (Å²) in [6, 6.07) is 15.6. The maximum atomic E-state index is 13.9. The lowest BCUT2D eigenvalue weighted by Crippen LogP contribution is -2.58. The predicted octanol–water partition coefficient (Wildman–Crippen LogP) is 6.78. The summed E-state index contributed by atoms with van der Waals surface area (Å²) in [4.78, 5) is 34.7. The number of furan rings is 1. The number of rotatable bonds is 11. The predicted molar refractivity (Wildman–Crippen MR) is 176 cm³/mol. The fourth-order valence-electron chi connectivity index (χ4n) is 5.76. The Bertz CT molecular complexity index is 1910. The molecular formula is C36H35F3N4O6. The van der Waals surface area contributed by atoms with Crippen LogP contribution in [0, 0.1) is 5.82 Å². The zero-order chi connectivity index (χ0) is 35.1. The van der Waals surface area contributed by atoms with Crippen LogP contribution in [-0.2, 0) is 10.3 Å². The van der Waals surface area contributed by atoms with Gasteiger partial charge < -0.3 is 29.3 Å². The van der Waals surface area contributed by atoms with Gasteiger partial charge in [0.15, 0.2) is 12.1 Å². The van der Waals surface area contributed by atoms with E-state index in [9.17, 15) is 22.8 Å². The normalized spacial score (nSPS) is 16.8. The number of fused-ring (bicyclic) bond motifs is 1. The summed E-state index contributed by atoms with van der Waals surface area (Å²) in [5, 5.41) is 6.19. The van der Waals surface area contributed by atoms with Crippen LogP contribution in [0.4, 0.5) is 13.2 Å². The number of carbonyl (C=O) groups is 2. The summed E-state index contributed by atoms with van der Waals surface area (Å²) >= 11 is 0. The second kappa shape index (κ2) is 15.3. The molecule has 2 heterocycles. The number of aromatic nitrogens is 2. The van der Waals surface area contributed by atoms with Gasteiger partial charge in [-0.2, -0.15) is 8.78 Å². The summed E-state index contributed by atoms with van der Waals surface area (Å²) < 4.78 is 61.6. The van der Waals surface area contributed by atoms with Crippen molar-refractivity contribution in [2.24, 2.45) is 0 Å². The first-order chi connectivity index (χ1) is 23.7. The number of nitrogens with zero attached hydrogens (tertiary/aromatic N) is 2. The molecule has 2 aromatic heterocycles. The number of carbonyl (C=O) groups excluding carboxylic acids is 2. The molecule has 0 aliphatic heterocycles. The van der Waals surface area contributed by atoms with Crippen LogP contribution in [0.15, 0.2) is 77.5 Å². The quantitative estimate of drug-likeness (QED) is 0.146. The van der Waals surface area contributed by atoms with E-state index in [2.05, 4.69) is 25.3 Å². The summed E-state index contributed by atoms with van der Waals surface area (Å²) in [5.74, 6) is 0.283. The van der Waals surface area contributed by atoms with Crippen molar-refractivity contribution in [3.8, 4) is 33.9 Å². The Balaban J connectivity index is 0.00000151. The van der Waals surface area contributed by atoms with E-state index >= 15 is 0 Å².